The molecule has 3 nitrogen and oxygen atoms in total. The second kappa shape index (κ2) is 4.89. The molecule has 0 aromatic heterocycles. The van der Waals surface area contributed by atoms with Gasteiger partial charge in [0.25, 0.3) is 0 Å². The Bertz CT molecular complexity index is 223. The van der Waals surface area contributed by atoms with Crippen LogP contribution < -0.4 is 5.73 Å². The zero-order valence-corrected chi connectivity index (χ0v) is 9.79. The van der Waals surface area contributed by atoms with E-state index < -0.39 is 18.3 Å². The second-order valence-electron chi connectivity index (χ2n) is 4.56. The van der Waals surface area contributed by atoms with Crippen molar-refractivity contribution in [3.63, 3.8) is 0 Å². The van der Waals surface area contributed by atoms with Gasteiger partial charge in [-0.25, -0.2) is 0 Å². The van der Waals surface area contributed by atoms with Gasteiger partial charge >= 0.3 is 6.18 Å². The summed E-state index contributed by atoms with van der Waals surface area (Å²) in [6.45, 7) is 5.49. The first-order valence-corrected chi connectivity index (χ1v) is 5.43. The molecular formula is C10H19F3N2O. The van der Waals surface area contributed by atoms with Crippen LogP contribution in [0, 0.1) is 0 Å². The van der Waals surface area contributed by atoms with Gasteiger partial charge in [0.05, 0.1) is 12.2 Å². The Kier molecular flexibility index (Phi) is 4.20. The lowest BCUT2D eigenvalue weighted by Crippen LogP contribution is -2.60. The molecule has 1 fully saturated rings. The molecule has 1 rings (SSSR count). The normalized spacial score (nSPS) is 32.4. The number of morpholine rings is 1. The zero-order chi connectivity index (χ0) is 12.5. The van der Waals surface area contributed by atoms with Crippen molar-refractivity contribution in [1.29, 1.82) is 0 Å². The smallest absolute Gasteiger partial charge is 0.373 e. The van der Waals surface area contributed by atoms with Crippen molar-refractivity contribution in [2.24, 2.45) is 5.73 Å². The molecular weight excluding hydrogens is 221 g/mol. The number of nitrogens with zero attached hydrogens (tertiary/aromatic N) is 1. The summed E-state index contributed by atoms with van der Waals surface area (Å²) in [5.41, 5.74) is 5.44. The van der Waals surface area contributed by atoms with Crippen molar-refractivity contribution in [3.05, 3.63) is 0 Å². The molecule has 1 saturated heterocycles. The van der Waals surface area contributed by atoms with Gasteiger partial charge in [-0.2, -0.15) is 13.2 Å². The van der Waals surface area contributed by atoms with Crippen molar-refractivity contribution in [2.45, 2.75) is 51.2 Å². The Balaban J connectivity index is 2.78. The number of hydrogen-bond acceptors (Lipinski definition) is 3. The number of rotatable bonds is 2. The predicted octanol–water partition coefficient (Wildman–Crippen LogP) is 1.37. The minimum Gasteiger partial charge on any atom is -0.373 e. The van der Waals surface area contributed by atoms with Gasteiger partial charge in [-0.15, -0.1) is 0 Å². The van der Waals surface area contributed by atoms with E-state index in [1.54, 1.807) is 13.8 Å². The quantitative estimate of drug-likeness (QED) is 0.792. The second-order valence-corrected chi connectivity index (χ2v) is 4.56. The Labute approximate surface area is 93.7 Å². The molecule has 0 saturated carbocycles. The topological polar surface area (TPSA) is 38.5 Å². The monoisotopic (exact) mass is 240 g/mol. The van der Waals surface area contributed by atoms with Crippen LogP contribution >= 0.6 is 0 Å². The standard InChI is InChI=1S/C10H19F3N2O/c1-6-4-15(5-7(2)16-6)9(8(3)14)10(11,12)13/h6-9H,4-5,14H2,1-3H3/t6-,7+,8?,9?. The van der Waals surface area contributed by atoms with Crippen LogP contribution in [0.2, 0.25) is 0 Å². The molecule has 6 heteroatoms. The Morgan fingerprint density at radius 1 is 1.25 bits per heavy atom. The van der Waals surface area contributed by atoms with Crippen LogP contribution in [0.3, 0.4) is 0 Å². The average molecular weight is 240 g/mol. The summed E-state index contributed by atoms with van der Waals surface area (Å²) < 4.78 is 44.0. The van der Waals surface area contributed by atoms with E-state index in [0.29, 0.717) is 0 Å². The molecule has 1 aliphatic heterocycles. The first kappa shape index (κ1) is 13.7. The van der Waals surface area contributed by atoms with Gasteiger partial charge < -0.3 is 10.5 Å². The van der Waals surface area contributed by atoms with Crippen LogP contribution in [0.5, 0.6) is 0 Å². The Hall–Kier alpha value is -0.330. The van der Waals surface area contributed by atoms with Crippen LogP contribution in [0.4, 0.5) is 13.2 Å². The van der Waals surface area contributed by atoms with Gasteiger partial charge in [0, 0.05) is 19.1 Å². The lowest BCUT2D eigenvalue weighted by Gasteiger charge is -2.42. The molecule has 0 bridgehead atoms. The Morgan fingerprint density at radius 2 is 1.69 bits per heavy atom. The summed E-state index contributed by atoms with van der Waals surface area (Å²) in [6.07, 6.45) is -4.66. The molecule has 1 aliphatic rings. The molecule has 4 atom stereocenters. The molecule has 0 aromatic carbocycles. The van der Waals surface area contributed by atoms with Crippen LogP contribution in [-0.2, 0) is 4.74 Å². The van der Waals surface area contributed by atoms with E-state index in [2.05, 4.69) is 0 Å². The fourth-order valence-electron chi connectivity index (χ4n) is 2.28. The fourth-order valence-corrected chi connectivity index (χ4v) is 2.28. The maximum atomic E-state index is 12.8. The molecule has 16 heavy (non-hydrogen) atoms. The maximum Gasteiger partial charge on any atom is 0.405 e. The van der Waals surface area contributed by atoms with Gasteiger partial charge in [-0.05, 0) is 20.8 Å². The largest absolute Gasteiger partial charge is 0.405 e. The summed E-state index contributed by atoms with van der Waals surface area (Å²) in [6, 6.07) is -2.52. The maximum absolute atomic E-state index is 12.8. The molecule has 0 amide bonds. The molecule has 96 valence electrons. The van der Waals surface area contributed by atoms with E-state index >= 15 is 0 Å². The fraction of sp³-hybridized carbons (Fsp3) is 1.00. The Morgan fingerprint density at radius 3 is 2.00 bits per heavy atom. The van der Waals surface area contributed by atoms with Gasteiger partial charge in [0.1, 0.15) is 6.04 Å². The van der Waals surface area contributed by atoms with Crippen molar-refractivity contribution >= 4 is 0 Å². The third-order valence-electron chi connectivity index (χ3n) is 2.67. The molecule has 0 radical (unpaired) electrons. The SMILES string of the molecule is CC(N)C(N1C[C@@H](C)O[C@@H](C)C1)C(F)(F)F. The third-order valence-corrected chi connectivity index (χ3v) is 2.67. The van der Waals surface area contributed by atoms with Crippen molar-refractivity contribution in [1.82, 2.24) is 4.90 Å². The van der Waals surface area contributed by atoms with Crippen LogP contribution in [0.25, 0.3) is 0 Å². The molecule has 0 aliphatic carbocycles. The minimum absolute atomic E-state index is 0.188. The highest BCUT2D eigenvalue weighted by Crippen LogP contribution is 2.28. The van der Waals surface area contributed by atoms with Crippen molar-refractivity contribution < 1.29 is 17.9 Å². The predicted molar refractivity (Wildman–Crippen MR) is 55.1 cm³/mol. The number of ether oxygens (including phenoxy) is 1. The first-order chi connectivity index (χ1) is 7.21. The van der Waals surface area contributed by atoms with Crippen LogP contribution in [0.1, 0.15) is 20.8 Å². The summed E-state index contributed by atoms with van der Waals surface area (Å²) in [4.78, 5) is 1.38. The number of alkyl halides is 3. The summed E-state index contributed by atoms with van der Waals surface area (Å²) in [5, 5.41) is 0. The van der Waals surface area contributed by atoms with Gasteiger partial charge in [0.2, 0.25) is 0 Å². The zero-order valence-electron chi connectivity index (χ0n) is 9.79. The summed E-state index contributed by atoms with van der Waals surface area (Å²) in [5.74, 6) is 0. The third kappa shape index (κ3) is 3.33. The van der Waals surface area contributed by atoms with E-state index in [9.17, 15) is 13.2 Å². The van der Waals surface area contributed by atoms with Crippen LogP contribution in [0.15, 0.2) is 0 Å². The number of halogens is 3. The minimum atomic E-state index is -4.29. The van der Waals surface area contributed by atoms with E-state index in [4.69, 9.17) is 10.5 Å². The molecule has 0 spiro atoms. The first-order valence-electron chi connectivity index (χ1n) is 5.43. The number of hydrogen-bond donors (Lipinski definition) is 1. The van der Waals surface area contributed by atoms with E-state index in [1.807, 2.05) is 0 Å². The highest BCUT2D eigenvalue weighted by atomic mass is 19.4. The summed E-state index contributed by atoms with van der Waals surface area (Å²) in [7, 11) is 0. The highest BCUT2D eigenvalue weighted by molar-refractivity contribution is 4.89. The van der Waals surface area contributed by atoms with Gasteiger partial charge in [-0.3, -0.25) is 4.90 Å². The molecule has 2 unspecified atom stereocenters. The summed E-state index contributed by atoms with van der Waals surface area (Å²) >= 11 is 0. The molecule has 2 N–H and O–H groups in total. The van der Waals surface area contributed by atoms with Crippen molar-refractivity contribution in [2.75, 3.05) is 13.1 Å². The van der Waals surface area contributed by atoms with Crippen LogP contribution in [-0.4, -0.2) is 48.5 Å². The van der Waals surface area contributed by atoms with Gasteiger partial charge in [-0.1, -0.05) is 0 Å². The average Bonchev–Trinajstić information content (AvgIpc) is 1.96. The number of nitrogens with two attached hydrogens (primary N) is 1. The van der Waals surface area contributed by atoms with Crippen molar-refractivity contribution in [3.8, 4) is 0 Å². The van der Waals surface area contributed by atoms with Gasteiger partial charge in [0.15, 0.2) is 0 Å². The molecule has 0 aromatic rings. The van der Waals surface area contributed by atoms with E-state index in [-0.39, 0.29) is 25.3 Å². The van der Waals surface area contributed by atoms with E-state index in [1.165, 1.54) is 11.8 Å². The molecule has 1 heterocycles. The lowest BCUT2D eigenvalue weighted by molar-refractivity contribution is -0.206. The highest BCUT2D eigenvalue weighted by Gasteiger charge is 2.47. The lowest BCUT2D eigenvalue weighted by atomic mass is 10.1. The van der Waals surface area contributed by atoms with E-state index in [0.717, 1.165) is 0 Å².